The molecule has 100 valence electrons. The molecule has 2 rings (SSSR count). The Bertz CT molecular complexity index is 380. The van der Waals surface area contributed by atoms with Gasteiger partial charge in [-0.3, -0.25) is 4.79 Å². The molecule has 1 aromatic heterocycles. The molecule has 0 bridgehead atoms. The molecule has 1 atom stereocenters. The number of hydrogen-bond acceptors (Lipinski definition) is 2. The number of amides is 1. The van der Waals surface area contributed by atoms with Crippen molar-refractivity contribution in [3.63, 3.8) is 0 Å². The van der Waals surface area contributed by atoms with Crippen LogP contribution in [0.15, 0.2) is 18.5 Å². The summed E-state index contributed by atoms with van der Waals surface area (Å²) in [6.07, 6.45) is 8.20. The molecule has 4 heteroatoms. The summed E-state index contributed by atoms with van der Waals surface area (Å²) in [5.41, 5.74) is 1.16. The van der Waals surface area contributed by atoms with Crippen LogP contribution in [0.25, 0.3) is 0 Å². The zero-order valence-electron chi connectivity index (χ0n) is 11.1. The van der Waals surface area contributed by atoms with Crippen molar-refractivity contribution < 1.29 is 4.79 Å². The number of rotatable bonds is 5. The second kappa shape index (κ2) is 6.59. The number of nitrogens with zero attached hydrogens (tertiary/aromatic N) is 1. The molecule has 0 aliphatic carbocycles. The maximum Gasteiger partial charge on any atom is 0.220 e. The Labute approximate surface area is 109 Å². The van der Waals surface area contributed by atoms with E-state index >= 15 is 0 Å². The number of piperidine rings is 1. The van der Waals surface area contributed by atoms with E-state index in [2.05, 4.69) is 10.6 Å². The van der Waals surface area contributed by atoms with Crippen LogP contribution < -0.4 is 10.6 Å². The van der Waals surface area contributed by atoms with Gasteiger partial charge in [0.25, 0.3) is 0 Å². The van der Waals surface area contributed by atoms with Crippen LogP contribution >= 0.6 is 0 Å². The molecule has 1 aliphatic rings. The fourth-order valence-electron chi connectivity index (χ4n) is 2.46. The molecule has 0 saturated carbocycles. The summed E-state index contributed by atoms with van der Waals surface area (Å²) >= 11 is 0. The number of aryl methyl sites for hydroxylation is 1. The average molecular weight is 249 g/mol. The second-order valence-electron chi connectivity index (χ2n) is 5.21. The molecular formula is C14H23N3O. The molecule has 1 fully saturated rings. The summed E-state index contributed by atoms with van der Waals surface area (Å²) in [5, 5.41) is 6.36. The van der Waals surface area contributed by atoms with E-state index in [0.717, 1.165) is 25.1 Å². The van der Waals surface area contributed by atoms with Crippen LogP contribution in [0.5, 0.6) is 0 Å². The Balaban J connectivity index is 1.62. The van der Waals surface area contributed by atoms with Gasteiger partial charge in [-0.15, -0.1) is 0 Å². The SMILES string of the molecule is Cn1ccc(CNC(=O)CCC2CCCNC2)c1. The molecule has 0 spiro atoms. The van der Waals surface area contributed by atoms with E-state index in [-0.39, 0.29) is 5.91 Å². The van der Waals surface area contributed by atoms with E-state index in [0.29, 0.717) is 18.9 Å². The third kappa shape index (κ3) is 4.18. The summed E-state index contributed by atoms with van der Waals surface area (Å²) in [7, 11) is 1.99. The van der Waals surface area contributed by atoms with Crippen molar-refractivity contribution in [1.82, 2.24) is 15.2 Å². The maximum atomic E-state index is 11.7. The predicted octanol–water partition coefficient (Wildman–Crippen LogP) is 1.42. The number of aromatic nitrogens is 1. The Kier molecular flexibility index (Phi) is 4.81. The van der Waals surface area contributed by atoms with Gasteiger partial charge < -0.3 is 15.2 Å². The average Bonchev–Trinajstić information content (AvgIpc) is 2.81. The zero-order chi connectivity index (χ0) is 12.8. The summed E-state index contributed by atoms with van der Waals surface area (Å²) in [4.78, 5) is 11.7. The Morgan fingerprint density at radius 3 is 3.17 bits per heavy atom. The van der Waals surface area contributed by atoms with Gasteiger partial charge >= 0.3 is 0 Å². The lowest BCUT2D eigenvalue weighted by atomic mass is 9.94. The van der Waals surface area contributed by atoms with Crippen LogP contribution in [0.1, 0.15) is 31.2 Å². The Morgan fingerprint density at radius 1 is 1.61 bits per heavy atom. The minimum atomic E-state index is 0.171. The second-order valence-corrected chi connectivity index (χ2v) is 5.21. The third-order valence-electron chi connectivity index (χ3n) is 3.56. The number of carbonyl (C=O) groups excluding carboxylic acids is 1. The van der Waals surface area contributed by atoms with Crippen molar-refractivity contribution in [2.45, 2.75) is 32.2 Å². The molecule has 18 heavy (non-hydrogen) atoms. The molecule has 2 heterocycles. The van der Waals surface area contributed by atoms with E-state index in [1.165, 1.54) is 12.8 Å². The standard InChI is InChI=1S/C14H23N3O/c1-17-8-6-13(11-17)10-16-14(18)5-4-12-3-2-7-15-9-12/h6,8,11-12,15H,2-5,7,9-10H2,1H3,(H,16,18). The van der Waals surface area contributed by atoms with E-state index < -0.39 is 0 Å². The highest BCUT2D eigenvalue weighted by molar-refractivity contribution is 5.75. The molecular weight excluding hydrogens is 226 g/mol. The quantitative estimate of drug-likeness (QED) is 0.829. The topological polar surface area (TPSA) is 46.1 Å². The fraction of sp³-hybridized carbons (Fsp3) is 0.643. The largest absolute Gasteiger partial charge is 0.357 e. The van der Waals surface area contributed by atoms with Crippen LogP contribution in [-0.4, -0.2) is 23.6 Å². The van der Waals surface area contributed by atoms with Crippen molar-refractivity contribution in [3.05, 3.63) is 24.0 Å². The van der Waals surface area contributed by atoms with E-state index in [1.807, 2.05) is 30.1 Å². The summed E-state index contributed by atoms with van der Waals surface area (Å²) < 4.78 is 2.00. The van der Waals surface area contributed by atoms with Crippen LogP contribution in [0, 0.1) is 5.92 Å². The van der Waals surface area contributed by atoms with Crippen molar-refractivity contribution in [1.29, 1.82) is 0 Å². The van der Waals surface area contributed by atoms with Crippen molar-refractivity contribution in [3.8, 4) is 0 Å². The first kappa shape index (κ1) is 13.1. The molecule has 0 aromatic carbocycles. The minimum Gasteiger partial charge on any atom is -0.357 e. The maximum absolute atomic E-state index is 11.7. The van der Waals surface area contributed by atoms with E-state index in [1.54, 1.807) is 0 Å². The van der Waals surface area contributed by atoms with E-state index in [9.17, 15) is 4.79 Å². The summed E-state index contributed by atoms with van der Waals surface area (Å²) in [6, 6.07) is 2.03. The predicted molar refractivity (Wildman–Crippen MR) is 72.1 cm³/mol. The van der Waals surface area contributed by atoms with Crippen LogP contribution in [0.4, 0.5) is 0 Å². The zero-order valence-corrected chi connectivity index (χ0v) is 11.1. The Hall–Kier alpha value is -1.29. The van der Waals surface area contributed by atoms with Gasteiger partial charge in [-0.25, -0.2) is 0 Å². The number of hydrogen-bond donors (Lipinski definition) is 2. The molecule has 4 nitrogen and oxygen atoms in total. The first-order valence-electron chi connectivity index (χ1n) is 6.82. The molecule has 1 unspecified atom stereocenters. The monoisotopic (exact) mass is 249 g/mol. The fourth-order valence-corrected chi connectivity index (χ4v) is 2.46. The highest BCUT2D eigenvalue weighted by Crippen LogP contribution is 2.15. The van der Waals surface area contributed by atoms with Gasteiger partial charge in [0.05, 0.1) is 0 Å². The summed E-state index contributed by atoms with van der Waals surface area (Å²) in [5.74, 6) is 0.852. The van der Waals surface area contributed by atoms with Gasteiger partial charge in [0.2, 0.25) is 5.91 Å². The third-order valence-corrected chi connectivity index (χ3v) is 3.56. The van der Waals surface area contributed by atoms with Crippen LogP contribution in [0.3, 0.4) is 0 Å². The smallest absolute Gasteiger partial charge is 0.220 e. The number of nitrogens with one attached hydrogen (secondary N) is 2. The van der Waals surface area contributed by atoms with Gasteiger partial charge in [-0.2, -0.15) is 0 Å². The molecule has 0 radical (unpaired) electrons. The number of carbonyl (C=O) groups is 1. The highest BCUT2D eigenvalue weighted by Gasteiger charge is 2.14. The van der Waals surface area contributed by atoms with Gasteiger partial charge in [-0.1, -0.05) is 0 Å². The van der Waals surface area contributed by atoms with Gasteiger partial charge in [-0.05, 0) is 49.9 Å². The van der Waals surface area contributed by atoms with Crippen molar-refractivity contribution >= 4 is 5.91 Å². The first-order chi connectivity index (χ1) is 8.74. The van der Waals surface area contributed by atoms with Crippen molar-refractivity contribution in [2.24, 2.45) is 13.0 Å². The molecule has 2 N–H and O–H groups in total. The first-order valence-corrected chi connectivity index (χ1v) is 6.82. The van der Waals surface area contributed by atoms with Gasteiger partial charge in [0.1, 0.15) is 0 Å². The lowest BCUT2D eigenvalue weighted by Crippen LogP contribution is -2.31. The molecule has 1 aliphatic heterocycles. The molecule has 1 aromatic rings. The summed E-state index contributed by atoms with van der Waals surface area (Å²) in [6.45, 7) is 2.85. The van der Waals surface area contributed by atoms with Gasteiger partial charge in [0.15, 0.2) is 0 Å². The van der Waals surface area contributed by atoms with Gasteiger partial charge in [0, 0.05) is 32.4 Å². The minimum absolute atomic E-state index is 0.171. The van der Waals surface area contributed by atoms with Crippen molar-refractivity contribution in [2.75, 3.05) is 13.1 Å². The lowest BCUT2D eigenvalue weighted by molar-refractivity contribution is -0.121. The molecule has 1 amide bonds. The highest BCUT2D eigenvalue weighted by atomic mass is 16.1. The normalized spacial score (nSPS) is 19.7. The Morgan fingerprint density at radius 2 is 2.50 bits per heavy atom. The van der Waals surface area contributed by atoms with Crippen LogP contribution in [-0.2, 0) is 18.4 Å². The lowest BCUT2D eigenvalue weighted by Gasteiger charge is -2.22. The molecule has 1 saturated heterocycles. The van der Waals surface area contributed by atoms with E-state index in [4.69, 9.17) is 0 Å². The van der Waals surface area contributed by atoms with Crippen LogP contribution in [0.2, 0.25) is 0 Å².